The highest BCUT2D eigenvalue weighted by Crippen LogP contribution is 2.23. The summed E-state index contributed by atoms with van der Waals surface area (Å²) in [5.74, 6) is 0. The van der Waals surface area contributed by atoms with Gasteiger partial charge in [-0.05, 0) is 53.3 Å². The number of fused-ring (bicyclic) bond motifs is 1. The summed E-state index contributed by atoms with van der Waals surface area (Å²) in [6.07, 6.45) is 0.554. The normalized spacial score (nSPS) is 13.9. The number of anilines is 2. The molecule has 4 N–H and O–H groups in total. The summed E-state index contributed by atoms with van der Waals surface area (Å²) in [5.41, 5.74) is 8.71. The van der Waals surface area contributed by atoms with Gasteiger partial charge < -0.3 is 15.4 Å². The van der Waals surface area contributed by atoms with E-state index in [-0.39, 0.29) is 4.90 Å². The van der Waals surface area contributed by atoms with Crippen molar-refractivity contribution in [3.63, 3.8) is 0 Å². The van der Waals surface area contributed by atoms with E-state index in [2.05, 4.69) is 4.72 Å². The van der Waals surface area contributed by atoms with Crippen LogP contribution in [0.15, 0.2) is 41.3 Å². The van der Waals surface area contributed by atoms with E-state index in [0.717, 1.165) is 5.56 Å². The summed E-state index contributed by atoms with van der Waals surface area (Å²) >= 11 is 0. The van der Waals surface area contributed by atoms with E-state index < -0.39 is 17.1 Å². The van der Waals surface area contributed by atoms with Gasteiger partial charge >= 0.3 is 7.12 Å². The number of hydrogen-bond acceptors (Lipinski definition) is 5. The first-order valence-corrected chi connectivity index (χ1v) is 8.72. The molecule has 2 aromatic rings. The molecule has 1 heterocycles. The van der Waals surface area contributed by atoms with Crippen LogP contribution in [0, 0.1) is 0 Å². The van der Waals surface area contributed by atoms with Gasteiger partial charge in [0.1, 0.15) is 0 Å². The molecule has 0 spiro atoms. The van der Waals surface area contributed by atoms with Crippen LogP contribution in [-0.2, 0) is 27.7 Å². The summed E-state index contributed by atoms with van der Waals surface area (Å²) in [6.45, 7) is 2.19. The Bertz CT molecular complexity index is 855. The van der Waals surface area contributed by atoms with Crippen molar-refractivity contribution in [2.75, 3.05) is 10.5 Å². The average molecular weight is 332 g/mol. The van der Waals surface area contributed by atoms with Gasteiger partial charge in [0.2, 0.25) is 0 Å². The molecule has 0 amide bonds. The lowest BCUT2D eigenvalue weighted by molar-refractivity contribution is 0.275. The standard InChI is InChI=1S/C15H17BN2O4S/c1-2-10-7-12(17)4-6-15(10)23(20,21)18-13-5-3-11-9-22-16(19)14(11)8-13/h3-8,18-19H,2,9,17H2,1H3. The van der Waals surface area contributed by atoms with Gasteiger partial charge in [0.05, 0.1) is 11.5 Å². The Balaban J connectivity index is 1.95. The molecule has 0 aromatic heterocycles. The van der Waals surface area contributed by atoms with Crippen LogP contribution >= 0.6 is 0 Å². The summed E-state index contributed by atoms with van der Waals surface area (Å²) in [5, 5.41) is 9.72. The fourth-order valence-corrected chi connectivity index (χ4v) is 3.97. The molecule has 0 fully saturated rings. The molecule has 0 saturated heterocycles. The lowest BCUT2D eigenvalue weighted by Crippen LogP contribution is -2.28. The van der Waals surface area contributed by atoms with E-state index in [9.17, 15) is 13.4 Å². The Morgan fingerprint density at radius 2 is 2.09 bits per heavy atom. The van der Waals surface area contributed by atoms with Crippen molar-refractivity contribution in [2.24, 2.45) is 0 Å². The van der Waals surface area contributed by atoms with Gasteiger partial charge in [0.25, 0.3) is 10.0 Å². The van der Waals surface area contributed by atoms with Gasteiger partial charge in [-0.15, -0.1) is 0 Å². The third-order valence-electron chi connectivity index (χ3n) is 3.82. The van der Waals surface area contributed by atoms with Crippen LogP contribution in [-0.4, -0.2) is 20.6 Å². The lowest BCUT2D eigenvalue weighted by Gasteiger charge is -2.13. The number of nitrogens with one attached hydrogen (secondary N) is 1. The number of benzene rings is 2. The van der Waals surface area contributed by atoms with Crippen molar-refractivity contribution in [2.45, 2.75) is 24.8 Å². The number of aryl methyl sites for hydroxylation is 1. The molecule has 0 radical (unpaired) electrons. The smallest absolute Gasteiger partial charge is 0.423 e. The zero-order valence-corrected chi connectivity index (χ0v) is 13.4. The second-order valence-corrected chi connectivity index (χ2v) is 7.05. The van der Waals surface area contributed by atoms with Crippen LogP contribution in [0.2, 0.25) is 0 Å². The summed E-state index contributed by atoms with van der Waals surface area (Å²) in [4.78, 5) is 0.200. The van der Waals surface area contributed by atoms with Gasteiger partial charge in [-0.1, -0.05) is 13.0 Å². The Labute approximate surface area is 135 Å². The number of rotatable bonds is 4. The predicted molar refractivity (Wildman–Crippen MR) is 89.9 cm³/mol. The summed E-state index contributed by atoms with van der Waals surface area (Å²) in [6, 6.07) is 9.71. The quantitative estimate of drug-likeness (QED) is 0.569. The van der Waals surface area contributed by atoms with E-state index in [1.165, 1.54) is 6.07 Å². The highest BCUT2D eigenvalue weighted by molar-refractivity contribution is 7.92. The summed E-state index contributed by atoms with van der Waals surface area (Å²) < 4.78 is 32.9. The van der Waals surface area contributed by atoms with Crippen molar-refractivity contribution < 1.29 is 18.1 Å². The van der Waals surface area contributed by atoms with Gasteiger partial charge in [-0.2, -0.15) is 0 Å². The SMILES string of the molecule is CCc1cc(N)ccc1S(=O)(=O)Nc1ccc2c(c1)B(O)OC2. The zero-order valence-electron chi connectivity index (χ0n) is 12.6. The number of sulfonamides is 1. The molecule has 120 valence electrons. The van der Waals surface area contributed by atoms with Crippen LogP contribution in [0.4, 0.5) is 11.4 Å². The molecular formula is C15H17BN2O4S. The van der Waals surface area contributed by atoms with Crippen molar-refractivity contribution in [1.82, 2.24) is 0 Å². The number of nitrogen functional groups attached to an aromatic ring is 1. The van der Waals surface area contributed by atoms with Crippen molar-refractivity contribution >= 4 is 34.0 Å². The van der Waals surface area contributed by atoms with E-state index in [4.69, 9.17) is 10.4 Å². The maximum Gasteiger partial charge on any atom is 0.491 e. The molecule has 23 heavy (non-hydrogen) atoms. The Kier molecular flexibility index (Phi) is 4.05. The zero-order chi connectivity index (χ0) is 16.6. The van der Waals surface area contributed by atoms with Crippen LogP contribution < -0.4 is 15.9 Å². The second kappa shape index (κ2) is 5.88. The van der Waals surface area contributed by atoms with Crippen molar-refractivity contribution in [3.05, 3.63) is 47.5 Å². The van der Waals surface area contributed by atoms with Gasteiger partial charge in [0.15, 0.2) is 0 Å². The second-order valence-electron chi connectivity index (χ2n) is 5.40. The third-order valence-corrected chi connectivity index (χ3v) is 5.30. The van der Waals surface area contributed by atoms with E-state index in [0.29, 0.717) is 35.4 Å². The monoisotopic (exact) mass is 332 g/mol. The van der Waals surface area contributed by atoms with Crippen LogP contribution in [0.3, 0.4) is 0 Å². The fourth-order valence-electron chi connectivity index (χ4n) is 2.63. The highest BCUT2D eigenvalue weighted by atomic mass is 32.2. The fraction of sp³-hybridized carbons (Fsp3) is 0.200. The Morgan fingerprint density at radius 1 is 1.30 bits per heavy atom. The minimum atomic E-state index is -3.74. The lowest BCUT2D eigenvalue weighted by atomic mass is 9.79. The molecule has 8 heteroatoms. The highest BCUT2D eigenvalue weighted by Gasteiger charge is 2.28. The van der Waals surface area contributed by atoms with E-state index >= 15 is 0 Å². The molecule has 3 rings (SSSR count). The minimum Gasteiger partial charge on any atom is -0.423 e. The predicted octanol–water partition coefficient (Wildman–Crippen LogP) is 0.850. The first-order chi connectivity index (χ1) is 10.9. The third kappa shape index (κ3) is 3.05. The maximum atomic E-state index is 12.6. The molecule has 1 aliphatic heterocycles. The first-order valence-electron chi connectivity index (χ1n) is 7.24. The Hall–Kier alpha value is -2.03. The number of nitrogens with two attached hydrogens (primary N) is 1. The van der Waals surface area contributed by atoms with Gasteiger partial charge in [0, 0.05) is 11.4 Å². The molecule has 2 aromatic carbocycles. The van der Waals surface area contributed by atoms with Crippen molar-refractivity contribution in [3.8, 4) is 0 Å². The van der Waals surface area contributed by atoms with E-state index in [1.54, 1.807) is 30.3 Å². The molecule has 6 nitrogen and oxygen atoms in total. The molecular weight excluding hydrogens is 315 g/mol. The number of hydrogen-bond donors (Lipinski definition) is 3. The molecule has 0 atom stereocenters. The van der Waals surface area contributed by atoms with Crippen molar-refractivity contribution in [1.29, 1.82) is 0 Å². The molecule has 0 saturated carbocycles. The van der Waals surface area contributed by atoms with Crippen LogP contribution in [0.25, 0.3) is 0 Å². The molecule has 0 aliphatic carbocycles. The largest absolute Gasteiger partial charge is 0.491 e. The molecule has 0 unspecified atom stereocenters. The van der Waals surface area contributed by atoms with Crippen LogP contribution in [0.5, 0.6) is 0 Å². The van der Waals surface area contributed by atoms with Gasteiger partial charge in [-0.3, -0.25) is 4.72 Å². The molecule has 1 aliphatic rings. The molecule has 0 bridgehead atoms. The summed E-state index contributed by atoms with van der Waals surface area (Å²) in [7, 11) is -4.75. The average Bonchev–Trinajstić information content (AvgIpc) is 2.87. The van der Waals surface area contributed by atoms with Crippen LogP contribution in [0.1, 0.15) is 18.1 Å². The minimum absolute atomic E-state index is 0.200. The first kappa shape index (κ1) is 15.9. The Morgan fingerprint density at radius 3 is 2.83 bits per heavy atom. The van der Waals surface area contributed by atoms with E-state index in [1.807, 2.05) is 6.92 Å². The van der Waals surface area contributed by atoms with Gasteiger partial charge in [-0.25, -0.2) is 8.42 Å². The topological polar surface area (TPSA) is 102 Å². The maximum absolute atomic E-state index is 12.6.